The average Bonchev–Trinajstić information content (AvgIpc) is 3.07. The van der Waals surface area contributed by atoms with Crippen LogP contribution < -0.4 is 4.90 Å². The van der Waals surface area contributed by atoms with Crippen molar-refractivity contribution in [2.45, 2.75) is 19.4 Å². The van der Waals surface area contributed by atoms with Crippen LogP contribution in [0, 0.1) is 5.41 Å². The minimum absolute atomic E-state index is 0.183. The predicted octanol–water partition coefficient (Wildman–Crippen LogP) is 2.05. The number of anilines is 1. The molecule has 2 saturated heterocycles. The van der Waals surface area contributed by atoms with Crippen LogP contribution in [0.5, 0.6) is 0 Å². The maximum Gasteiger partial charge on any atom is 0.208 e. The number of hydrogen-bond acceptors (Lipinski definition) is 7. The van der Waals surface area contributed by atoms with Gasteiger partial charge in [-0.3, -0.25) is 9.88 Å². The van der Waals surface area contributed by atoms with E-state index in [4.69, 9.17) is 4.74 Å². The molecule has 4 heterocycles. The van der Waals surface area contributed by atoms with Crippen LogP contribution in [0.15, 0.2) is 30.0 Å². The summed E-state index contributed by atoms with van der Waals surface area (Å²) in [6.07, 6.45) is 6.23. The van der Waals surface area contributed by atoms with Gasteiger partial charge in [0.1, 0.15) is 5.51 Å². The topological polar surface area (TPSA) is 54.4 Å². The van der Waals surface area contributed by atoms with Gasteiger partial charge in [-0.15, -0.1) is 10.2 Å². The molecule has 24 heavy (non-hydrogen) atoms. The van der Waals surface area contributed by atoms with Crippen molar-refractivity contribution < 1.29 is 4.74 Å². The number of likely N-dealkylation sites (tertiary alicyclic amines) is 1. The molecule has 4 rings (SSSR count). The van der Waals surface area contributed by atoms with Gasteiger partial charge in [-0.2, -0.15) is 0 Å². The van der Waals surface area contributed by atoms with Gasteiger partial charge in [-0.1, -0.05) is 17.4 Å². The van der Waals surface area contributed by atoms with Crippen molar-refractivity contribution in [2.75, 3.05) is 44.3 Å². The summed E-state index contributed by atoms with van der Waals surface area (Å²) >= 11 is 1.62. The third-order valence-electron chi connectivity index (χ3n) is 4.93. The Morgan fingerprint density at radius 1 is 1.29 bits per heavy atom. The molecule has 1 spiro atoms. The smallest absolute Gasteiger partial charge is 0.208 e. The van der Waals surface area contributed by atoms with Crippen LogP contribution in [0.1, 0.15) is 18.4 Å². The van der Waals surface area contributed by atoms with E-state index in [-0.39, 0.29) is 5.41 Å². The van der Waals surface area contributed by atoms with Crippen molar-refractivity contribution in [3.63, 3.8) is 0 Å². The van der Waals surface area contributed by atoms with Gasteiger partial charge in [-0.05, 0) is 31.0 Å². The van der Waals surface area contributed by atoms with Gasteiger partial charge in [0.05, 0.1) is 13.2 Å². The van der Waals surface area contributed by atoms with E-state index in [1.165, 1.54) is 18.4 Å². The van der Waals surface area contributed by atoms with Crippen LogP contribution in [-0.2, 0) is 11.3 Å². The SMILES string of the molecule is c1cncc(CN2CCC[C@@]3(COCCN(c4nncs4)C3)C2)c1. The van der Waals surface area contributed by atoms with E-state index in [0.29, 0.717) is 0 Å². The summed E-state index contributed by atoms with van der Waals surface area (Å²) in [5.41, 5.74) is 3.27. The number of piperidine rings is 1. The third-order valence-corrected chi connectivity index (χ3v) is 5.68. The predicted molar refractivity (Wildman–Crippen MR) is 94.1 cm³/mol. The zero-order valence-corrected chi connectivity index (χ0v) is 14.6. The van der Waals surface area contributed by atoms with Crippen molar-refractivity contribution in [2.24, 2.45) is 5.41 Å². The molecule has 2 aromatic rings. The highest BCUT2D eigenvalue weighted by molar-refractivity contribution is 7.13. The summed E-state index contributed by atoms with van der Waals surface area (Å²) in [7, 11) is 0. The van der Waals surface area contributed by atoms with Gasteiger partial charge in [0, 0.05) is 44.0 Å². The quantitative estimate of drug-likeness (QED) is 0.849. The van der Waals surface area contributed by atoms with E-state index in [1.54, 1.807) is 11.3 Å². The second-order valence-electron chi connectivity index (χ2n) is 6.87. The largest absolute Gasteiger partial charge is 0.379 e. The highest BCUT2D eigenvalue weighted by atomic mass is 32.1. The highest BCUT2D eigenvalue weighted by Crippen LogP contribution is 2.35. The molecule has 0 unspecified atom stereocenters. The first-order chi connectivity index (χ1) is 11.8. The van der Waals surface area contributed by atoms with Crippen molar-refractivity contribution in [1.82, 2.24) is 20.1 Å². The van der Waals surface area contributed by atoms with Crippen LogP contribution in [0.25, 0.3) is 0 Å². The maximum atomic E-state index is 5.99. The lowest BCUT2D eigenvalue weighted by Gasteiger charge is -2.43. The normalized spacial score (nSPS) is 25.8. The molecule has 0 bridgehead atoms. The van der Waals surface area contributed by atoms with Crippen molar-refractivity contribution in [3.05, 3.63) is 35.6 Å². The zero-order valence-electron chi connectivity index (χ0n) is 13.8. The fourth-order valence-corrected chi connectivity index (χ4v) is 4.49. The Morgan fingerprint density at radius 3 is 3.12 bits per heavy atom. The Labute approximate surface area is 146 Å². The number of ether oxygens (including phenoxy) is 1. The van der Waals surface area contributed by atoms with Crippen LogP contribution in [0.2, 0.25) is 0 Å². The molecule has 0 amide bonds. The summed E-state index contributed by atoms with van der Waals surface area (Å²) in [6, 6.07) is 4.17. The molecule has 2 aliphatic heterocycles. The van der Waals surface area contributed by atoms with E-state index in [2.05, 4.69) is 31.0 Å². The lowest BCUT2D eigenvalue weighted by Crippen LogP contribution is -2.50. The van der Waals surface area contributed by atoms with E-state index in [1.807, 2.05) is 24.0 Å². The van der Waals surface area contributed by atoms with E-state index < -0.39 is 0 Å². The summed E-state index contributed by atoms with van der Waals surface area (Å²) in [6.45, 7) is 6.70. The maximum absolute atomic E-state index is 5.99. The Hall–Kier alpha value is -1.57. The number of rotatable bonds is 3. The van der Waals surface area contributed by atoms with E-state index >= 15 is 0 Å². The van der Waals surface area contributed by atoms with Gasteiger partial charge in [-0.25, -0.2) is 0 Å². The Kier molecular flexibility index (Phi) is 4.73. The lowest BCUT2D eigenvalue weighted by atomic mass is 9.80. The molecule has 0 radical (unpaired) electrons. The molecule has 1 atom stereocenters. The Balaban J connectivity index is 1.48. The summed E-state index contributed by atoms with van der Waals surface area (Å²) in [4.78, 5) is 9.15. The second-order valence-corrected chi connectivity index (χ2v) is 7.68. The lowest BCUT2D eigenvalue weighted by molar-refractivity contribution is 0.0106. The van der Waals surface area contributed by atoms with Gasteiger partial charge in [0.15, 0.2) is 0 Å². The number of aromatic nitrogens is 3. The minimum atomic E-state index is 0.183. The average molecular weight is 345 g/mol. The molecule has 128 valence electrons. The molecular formula is C17H23N5OS. The second kappa shape index (κ2) is 7.13. The van der Waals surface area contributed by atoms with E-state index in [0.717, 1.165) is 51.1 Å². The Morgan fingerprint density at radius 2 is 2.29 bits per heavy atom. The van der Waals surface area contributed by atoms with Gasteiger partial charge in [0.2, 0.25) is 5.13 Å². The van der Waals surface area contributed by atoms with Crippen LogP contribution in [-0.4, -0.2) is 59.5 Å². The zero-order chi connectivity index (χ0) is 16.2. The fourth-order valence-electron chi connectivity index (χ4n) is 3.90. The summed E-state index contributed by atoms with van der Waals surface area (Å²) in [5, 5.41) is 9.28. The molecule has 2 aromatic heterocycles. The van der Waals surface area contributed by atoms with Crippen molar-refractivity contribution in [1.29, 1.82) is 0 Å². The number of pyridine rings is 1. The molecule has 7 heteroatoms. The van der Waals surface area contributed by atoms with E-state index in [9.17, 15) is 0 Å². The molecule has 0 aliphatic carbocycles. The van der Waals surface area contributed by atoms with Crippen molar-refractivity contribution >= 4 is 16.5 Å². The third kappa shape index (κ3) is 3.58. The fraction of sp³-hybridized carbons (Fsp3) is 0.588. The highest BCUT2D eigenvalue weighted by Gasteiger charge is 2.39. The Bertz CT molecular complexity index is 638. The standard InChI is InChI=1S/C17H23N5OS/c1-3-15(9-18-5-1)10-21-6-2-4-17(11-21)12-22(7-8-23-13-17)16-20-19-14-24-16/h1,3,5,9,14H,2,4,6-8,10-13H2/t17-/m1/s1. The molecular weight excluding hydrogens is 322 g/mol. The van der Waals surface area contributed by atoms with Gasteiger partial charge >= 0.3 is 0 Å². The molecule has 0 aromatic carbocycles. The minimum Gasteiger partial charge on any atom is -0.379 e. The van der Waals surface area contributed by atoms with Crippen LogP contribution >= 0.6 is 11.3 Å². The summed E-state index contributed by atoms with van der Waals surface area (Å²) < 4.78 is 5.99. The molecule has 0 N–H and O–H groups in total. The monoisotopic (exact) mass is 345 g/mol. The van der Waals surface area contributed by atoms with Crippen LogP contribution in [0.3, 0.4) is 0 Å². The van der Waals surface area contributed by atoms with Gasteiger partial charge < -0.3 is 9.64 Å². The molecule has 2 fully saturated rings. The first-order valence-electron chi connectivity index (χ1n) is 8.53. The summed E-state index contributed by atoms with van der Waals surface area (Å²) in [5.74, 6) is 0. The van der Waals surface area contributed by atoms with Crippen molar-refractivity contribution in [3.8, 4) is 0 Å². The van der Waals surface area contributed by atoms with Crippen LogP contribution in [0.4, 0.5) is 5.13 Å². The number of hydrogen-bond donors (Lipinski definition) is 0. The first kappa shape index (κ1) is 15.9. The first-order valence-corrected chi connectivity index (χ1v) is 9.41. The molecule has 6 nitrogen and oxygen atoms in total. The number of nitrogens with zero attached hydrogens (tertiary/aromatic N) is 5. The molecule has 2 aliphatic rings. The van der Waals surface area contributed by atoms with Gasteiger partial charge in [0.25, 0.3) is 0 Å². The molecule has 0 saturated carbocycles.